The first-order valence-corrected chi connectivity index (χ1v) is 6.17. The standard InChI is InChI=1S/C14H16N2O4/c1-4-16-13(17)10(15-14(16)18)7-9-5-6-11(19-2)12(8-9)20-3/h5-8H,4H2,1-3H3,(H,15,18)/b10-7+. The number of nitrogens with one attached hydrogen (secondary N) is 1. The lowest BCUT2D eigenvalue weighted by Gasteiger charge is -2.08. The van der Waals surface area contributed by atoms with Crippen LogP contribution in [0.15, 0.2) is 23.9 Å². The van der Waals surface area contributed by atoms with Crippen molar-refractivity contribution in [1.29, 1.82) is 0 Å². The second kappa shape index (κ2) is 5.64. The molecule has 0 atom stereocenters. The Morgan fingerprint density at radius 1 is 1.20 bits per heavy atom. The van der Waals surface area contributed by atoms with Gasteiger partial charge in [-0.2, -0.15) is 0 Å². The Morgan fingerprint density at radius 3 is 2.45 bits per heavy atom. The Kier molecular flexibility index (Phi) is 3.93. The monoisotopic (exact) mass is 276 g/mol. The molecular formula is C14H16N2O4. The lowest BCUT2D eigenvalue weighted by Crippen LogP contribution is -2.30. The van der Waals surface area contributed by atoms with Crippen LogP contribution in [0.1, 0.15) is 12.5 Å². The van der Waals surface area contributed by atoms with Crippen LogP contribution in [-0.4, -0.2) is 37.6 Å². The van der Waals surface area contributed by atoms with E-state index in [4.69, 9.17) is 9.47 Å². The molecule has 0 radical (unpaired) electrons. The number of benzene rings is 1. The summed E-state index contributed by atoms with van der Waals surface area (Å²) in [6.45, 7) is 2.09. The maximum atomic E-state index is 11.9. The Labute approximate surface area is 117 Å². The molecule has 1 saturated heterocycles. The summed E-state index contributed by atoms with van der Waals surface area (Å²) in [5, 5.41) is 2.55. The summed E-state index contributed by atoms with van der Waals surface area (Å²) in [6.07, 6.45) is 1.61. The van der Waals surface area contributed by atoms with Crippen LogP contribution in [0.25, 0.3) is 6.08 Å². The van der Waals surface area contributed by atoms with Gasteiger partial charge in [0.1, 0.15) is 5.70 Å². The van der Waals surface area contributed by atoms with Crippen molar-refractivity contribution in [2.75, 3.05) is 20.8 Å². The minimum Gasteiger partial charge on any atom is -0.493 e. The third-order valence-corrected chi connectivity index (χ3v) is 3.00. The quantitative estimate of drug-likeness (QED) is 0.670. The molecule has 20 heavy (non-hydrogen) atoms. The highest BCUT2D eigenvalue weighted by molar-refractivity contribution is 6.13. The first-order chi connectivity index (χ1) is 9.60. The number of carbonyl (C=O) groups is 2. The first-order valence-electron chi connectivity index (χ1n) is 6.17. The third kappa shape index (κ3) is 2.45. The van der Waals surface area contributed by atoms with E-state index in [2.05, 4.69) is 5.32 Å². The number of hydrogen-bond acceptors (Lipinski definition) is 4. The molecule has 3 amide bonds. The fourth-order valence-electron chi connectivity index (χ4n) is 1.97. The van der Waals surface area contributed by atoms with Crippen LogP contribution in [0.4, 0.5) is 4.79 Å². The second-order valence-electron chi connectivity index (χ2n) is 4.15. The summed E-state index contributed by atoms with van der Waals surface area (Å²) in [7, 11) is 3.09. The molecule has 0 bridgehead atoms. The van der Waals surface area contributed by atoms with Crippen molar-refractivity contribution < 1.29 is 19.1 Å². The molecule has 1 heterocycles. The minimum atomic E-state index is -0.399. The summed E-state index contributed by atoms with van der Waals surface area (Å²) in [5.74, 6) is 0.838. The van der Waals surface area contributed by atoms with Gasteiger partial charge in [-0.15, -0.1) is 0 Å². The van der Waals surface area contributed by atoms with Gasteiger partial charge in [-0.1, -0.05) is 6.07 Å². The molecule has 106 valence electrons. The maximum Gasteiger partial charge on any atom is 0.328 e. The normalized spacial score (nSPS) is 16.6. The van der Waals surface area contributed by atoms with Gasteiger partial charge in [0, 0.05) is 6.54 Å². The van der Waals surface area contributed by atoms with E-state index in [1.807, 2.05) is 0 Å². The van der Waals surface area contributed by atoms with E-state index >= 15 is 0 Å². The third-order valence-electron chi connectivity index (χ3n) is 3.00. The van der Waals surface area contributed by atoms with Gasteiger partial charge in [-0.05, 0) is 30.7 Å². The second-order valence-corrected chi connectivity index (χ2v) is 4.15. The van der Waals surface area contributed by atoms with E-state index in [-0.39, 0.29) is 11.6 Å². The van der Waals surface area contributed by atoms with E-state index in [0.717, 1.165) is 10.5 Å². The molecule has 1 aromatic carbocycles. The summed E-state index contributed by atoms with van der Waals surface area (Å²) in [6, 6.07) is 4.86. The van der Waals surface area contributed by atoms with E-state index in [0.29, 0.717) is 18.0 Å². The fourth-order valence-corrected chi connectivity index (χ4v) is 1.97. The lowest BCUT2D eigenvalue weighted by atomic mass is 10.1. The van der Waals surface area contributed by atoms with Crippen molar-refractivity contribution in [2.45, 2.75) is 6.92 Å². The van der Waals surface area contributed by atoms with Gasteiger partial charge in [0.2, 0.25) is 0 Å². The molecule has 1 aliphatic rings. The van der Waals surface area contributed by atoms with Gasteiger partial charge >= 0.3 is 6.03 Å². The Balaban J connectivity index is 2.32. The van der Waals surface area contributed by atoms with E-state index < -0.39 is 6.03 Å². The summed E-state index contributed by atoms with van der Waals surface area (Å²) < 4.78 is 10.3. The summed E-state index contributed by atoms with van der Waals surface area (Å²) in [5.41, 5.74) is 0.994. The summed E-state index contributed by atoms with van der Waals surface area (Å²) >= 11 is 0. The molecule has 1 fully saturated rings. The molecule has 0 aromatic heterocycles. The summed E-state index contributed by atoms with van der Waals surface area (Å²) in [4.78, 5) is 24.6. The van der Waals surface area contributed by atoms with Gasteiger partial charge in [-0.25, -0.2) is 4.79 Å². The number of urea groups is 1. The lowest BCUT2D eigenvalue weighted by molar-refractivity contribution is -0.122. The predicted molar refractivity (Wildman–Crippen MR) is 73.4 cm³/mol. The molecule has 0 saturated carbocycles. The number of amides is 3. The number of imide groups is 1. The zero-order valence-electron chi connectivity index (χ0n) is 11.6. The van der Waals surface area contributed by atoms with Gasteiger partial charge in [0.05, 0.1) is 14.2 Å². The molecule has 0 aliphatic carbocycles. The van der Waals surface area contributed by atoms with Gasteiger partial charge in [0.15, 0.2) is 11.5 Å². The topological polar surface area (TPSA) is 67.9 Å². The van der Waals surface area contributed by atoms with Crippen LogP contribution in [0.2, 0.25) is 0 Å². The minimum absolute atomic E-state index is 0.254. The first kappa shape index (κ1) is 13.9. The number of carbonyl (C=O) groups excluding carboxylic acids is 2. The number of methoxy groups -OCH3 is 2. The number of hydrogen-bond donors (Lipinski definition) is 1. The molecule has 6 heteroatoms. The van der Waals surface area contributed by atoms with Crippen LogP contribution in [0.3, 0.4) is 0 Å². The van der Waals surface area contributed by atoms with Crippen LogP contribution in [0.5, 0.6) is 11.5 Å². The van der Waals surface area contributed by atoms with Gasteiger partial charge in [0.25, 0.3) is 5.91 Å². The number of likely N-dealkylation sites (N-methyl/N-ethyl adjacent to an activating group) is 1. The average Bonchev–Trinajstić information content (AvgIpc) is 2.72. The Bertz CT molecular complexity index is 581. The van der Waals surface area contributed by atoms with Crippen molar-refractivity contribution in [2.24, 2.45) is 0 Å². The molecule has 0 unspecified atom stereocenters. The number of ether oxygens (including phenoxy) is 2. The highest BCUT2D eigenvalue weighted by atomic mass is 16.5. The van der Waals surface area contributed by atoms with Crippen molar-refractivity contribution >= 4 is 18.0 Å². The van der Waals surface area contributed by atoms with Crippen LogP contribution in [0, 0.1) is 0 Å². The highest BCUT2D eigenvalue weighted by Gasteiger charge is 2.31. The molecule has 1 aliphatic heterocycles. The predicted octanol–water partition coefficient (Wildman–Crippen LogP) is 1.62. The molecule has 1 aromatic rings. The SMILES string of the molecule is CCN1C(=O)N/C(=C/c2ccc(OC)c(OC)c2)C1=O. The van der Waals surface area contributed by atoms with Crippen LogP contribution in [-0.2, 0) is 4.79 Å². The van der Waals surface area contributed by atoms with E-state index in [9.17, 15) is 9.59 Å². The Hall–Kier alpha value is -2.50. The zero-order chi connectivity index (χ0) is 14.7. The number of rotatable bonds is 4. The highest BCUT2D eigenvalue weighted by Crippen LogP contribution is 2.28. The van der Waals surface area contributed by atoms with Gasteiger partial charge in [-0.3, -0.25) is 9.69 Å². The van der Waals surface area contributed by atoms with Crippen molar-refractivity contribution in [3.8, 4) is 11.5 Å². The molecule has 2 rings (SSSR count). The zero-order valence-corrected chi connectivity index (χ0v) is 11.6. The largest absolute Gasteiger partial charge is 0.493 e. The molecule has 0 spiro atoms. The van der Waals surface area contributed by atoms with Crippen molar-refractivity contribution in [3.05, 3.63) is 29.5 Å². The van der Waals surface area contributed by atoms with Gasteiger partial charge < -0.3 is 14.8 Å². The molecule has 1 N–H and O–H groups in total. The molecule has 6 nitrogen and oxygen atoms in total. The van der Waals surface area contributed by atoms with E-state index in [1.165, 1.54) is 7.11 Å². The molecular weight excluding hydrogens is 260 g/mol. The fraction of sp³-hybridized carbons (Fsp3) is 0.286. The smallest absolute Gasteiger partial charge is 0.328 e. The van der Waals surface area contributed by atoms with Crippen LogP contribution >= 0.6 is 0 Å². The van der Waals surface area contributed by atoms with Crippen LogP contribution < -0.4 is 14.8 Å². The maximum absolute atomic E-state index is 11.9. The number of nitrogens with zero attached hydrogens (tertiary/aromatic N) is 1. The van der Waals surface area contributed by atoms with Crippen molar-refractivity contribution in [3.63, 3.8) is 0 Å². The average molecular weight is 276 g/mol. The van der Waals surface area contributed by atoms with Crippen molar-refractivity contribution in [1.82, 2.24) is 10.2 Å². The van der Waals surface area contributed by atoms with E-state index in [1.54, 1.807) is 38.3 Å². The Morgan fingerprint density at radius 2 is 1.90 bits per heavy atom.